The maximum Gasteiger partial charge on any atom is 0.446 e. The average molecular weight is 546 g/mol. The SMILES string of the molecule is C[C@@H]1CC[C@H]2C(C)(C)CCC[C@]2(C)/C1=C/c1cc(O)c(O)c(C=NCCS(=O)(=O)O)c1OS(=O)(=O)O. The van der Waals surface area contributed by atoms with Gasteiger partial charge in [0.25, 0.3) is 10.1 Å². The third kappa shape index (κ3) is 6.21. The summed E-state index contributed by atoms with van der Waals surface area (Å²) >= 11 is 0. The van der Waals surface area contributed by atoms with Gasteiger partial charge in [0.1, 0.15) is 0 Å². The molecule has 1 aromatic carbocycles. The van der Waals surface area contributed by atoms with Gasteiger partial charge in [-0.25, -0.2) is 0 Å². The minimum atomic E-state index is -5.04. The van der Waals surface area contributed by atoms with Crippen molar-refractivity contribution in [2.75, 3.05) is 12.3 Å². The first-order valence-corrected chi connectivity index (χ1v) is 14.8. The Morgan fingerprint density at radius 3 is 2.39 bits per heavy atom. The molecule has 0 aliphatic heterocycles. The number of aliphatic imine (C=N–C) groups is 1. The van der Waals surface area contributed by atoms with Crippen LogP contribution in [0.2, 0.25) is 0 Å². The van der Waals surface area contributed by atoms with Gasteiger partial charge in [0.2, 0.25) is 0 Å². The van der Waals surface area contributed by atoms with Crippen LogP contribution in [0.3, 0.4) is 0 Å². The summed E-state index contributed by atoms with van der Waals surface area (Å²) in [6.07, 6.45) is 7.76. The number of aromatic hydroxyl groups is 2. The fourth-order valence-electron chi connectivity index (χ4n) is 6.22. The van der Waals surface area contributed by atoms with Crippen molar-refractivity contribution in [1.82, 2.24) is 0 Å². The first kappa shape index (κ1) is 28.4. The Bertz CT molecular complexity index is 1280. The van der Waals surface area contributed by atoms with E-state index in [1.165, 1.54) is 0 Å². The maximum atomic E-state index is 11.7. The monoisotopic (exact) mass is 545 g/mol. The molecule has 0 bridgehead atoms. The molecule has 3 rings (SSSR count). The van der Waals surface area contributed by atoms with Crippen LogP contribution in [0, 0.1) is 22.7 Å². The van der Waals surface area contributed by atoms with Crippen molar-refractivity contribution in [3.8, 4) is 17.2 Å². The molecule has 10 nitrogen and oxygen atoms in total. The predicted octanol–water partition coefficient (Wildman–Crippen LogP) is 4.23. The molecule has 0 radical (unpaired) electrons. The molecule has 12 heteroatoms. The van der Waals surface area contributed by atoms with Gasteiger partial charge in [-0.05, 0) is 54.4 Å². The summed E-state index contributed by atoms with van der Waals surface area (Å²) in [5, 5.41) is 20.9. The largest absolute Gasteiger partial charge is 0.504 e. The Kier molecular flexibility index (Phi) is 7.86. The second-order valence-electron chi connectivity index (χ2n) is 10.8. The average Bonchev–Trinajstić information content (AvgIpc) is 2.70. The number of hydrogen-bond acceptors (Lipinski definition) is 8. The zero-order chi connectivity index (χ0) is 27.1. The smallest absolute Gasteiger partial charge is 0.446 e. The third-order valence-corrected chi connectivity index (χ3v) is 8.88. The molecule has 0 unspecified atom stereocenters. The molecule has 2 aliphatic carbocycles. The topological polar surface area (TPSA) is 171 Å². The zero-order valence-electron chi connectivity index (χ0n) is 20.9. The Hall–Kier alpha value is -2.15. The Balaban J connectivity index is 2.19. The van der Waals surface area contributed by atoms with Crippen LogP contribution in [-0.2, 0) is 20.5 Å². The second kappa shape index (κ2) is 9.96. The van der Waals surface area contributed by atoms with Crippen LogP contribution < -0.4 is 4.18 Å². The van der Waals surface area contributed by atoms with E-state index in [2.05, 4.69) is 32.7 Å². The van der Waals surface area contributed by atoms with Gasteiger partial charge in [0.05, 0.1) is 17.9 Å². The first-order valence-electron chi connectivity index (χ1n) is 11.9. The van der Waals surface area contributed by atoms with E-state index in [4.69, 9.17) is 8.74 Å². The molecule has 0 spiro atoms. The van der Waals surface area contributed by atoms with Gasteiger partial charge in [-0.3, -0.25) is 14.1 Å². The van der Waals surface area contributed by atoms with Crippen LogP contribution in [0.4, 0.5) is 0 Å². The van der Waals surface area contributed by atoms with E-state index in [1.807, 2.05) is 0 Å². The van der Waals surface area contributed by atoms with E-state index >= 15 is 0 Å². The van der Waals surface area contributed by atoms with Crippen molar-refractivity contribution in [3.63, 3.8) is 0 Å². The number of benzene rings is 1. The minimum absolute atomic E-state index is 0.113. The van der Waals surface area contributed by atoms with Crippen LogP contribution in [0.1, 0.15) is 70.9 Å². The lowest BCUT2D eigenvalue weighted by Crippen LogP contribution is -2.47. The van der Waals surface area contributed by atoms with Gasteiger partial charge in [0.15, 0.2) is 17.2 Å². The maximum absolute atomic E-state index is 11.7. The Morgan fingerprint density at radius 1 is 1.11 bits per heavy atom. The van der Waals surface area contributed by atoms with Gasteiger partial charge >= 0.3 is 10.4 Å². The first-order chi connectivity index (χ1) is 16.4. The van der Waals surface area contributed by atoms with E-state index in [-0.39, 0.29) is 27.9 Å². The standard InChI is InChI=1S/C24H35NO9S2/c1-15-6-7-20-23(2,3)8-5-9-24(20,4)18(15)12-16-13-19(26)21(27)17(22(16)34-36(31,32)33)14-25-10-11-35(28,29)30/h12-15,20,26-27H,5-11H2,1-4H3,(H,28,29,30)(H,31,32,33)/b18-12+,25-14?/t15-,20+,24-/m1/s1. The van der Waals surface area contributed by atoms with Crippen molar-refractivity contribution in [3.05, 3.63) is 22.8 Å². The van der Waals surface area contributed by atoms with E-state index in [0.717, 1.165) is 50.0 Å². The summed E-state index contributed by atoms with van der Waals surface area (Å²) in [5.41, 5.74) is 0.745. The normalized spacial score (nSPS) is 27.8. The number of phenolic OH excluding ortho intramolecular Hbond substituents is 2. The summed E-state index contributed by atoms with van der Waals surface area (Å²) in [4.78, 5) is 3.81. The predicted molar refractivity (Wildman–Crippen MR) is 136 cm³/mol. The summed E-state index contributed by atoms with van der Waals surface area (Å²) in [5.74, 6) is -1.95. The molecule has 202 valence electrons. The van der Waals surface area contributed by atoms with Gasteiger partial charge in [-0.2, -0.15) is 16.8 Å². The lowest BCUT2D eigenvalue weighted by atomic mass is 9.48. The number of allylic oxidation sites excluding steroid dienone is 1. The molecule has 0 heterocycles. The lowest BCUT2D eigenvalue weighted by Gasteiger charge is -2.56. The van der Waals surface area contributed by atoms with E-state index in [1.54, 1.807) is 6.08 Å². The van der Waals surface area contributed by atoms with Crippen LogP contribution in [0.15, 0.2) is 16.6 Å². The number of nitrogens with zero attached hydrogens (tertiary/aromatic N) is 1. The van der Waals surface area contributed by atoms with Gasteiger partial charge in [-0.1, -0.05) is 45.8 Å². The van der Waals surface area contributed by atoms with Crippen LogP contribution in [0.25, 0.3) is 6.08 Å². The van der Waals surface area contributed by atoms with Crippen LogP contribution in [-0.4, -0.2) is 54.7 Å². The van der Waals surface area contributed by atoms with Gasteiger partial charge in [0, 0.05) is 11.8 Å². The van der Waals surface area contributed by atoms with Crippen LogP contribution >= 0.6 is 0 Å². The molecule has 36 heavy (non-hydrogen) atoms. The molecular formula is C24H35NO9S2. The second-order valence-corrected chi connectivity index (χ2v) is 13.4. The fourth-order valence-corrected chi connectivity index (χ4v) is 6.95. The van der Waals surface area contributed by atoms with Crippen molar-refractivity contribution >= 4 is 32.8 Å². The lowest BCUT2D eigenvalue weighted by molar-refractivity contribution is -0.00534. The Morgan fingerprint density at radius 2 is 1.78 bits per heavy atom. The minimum Gasteiger partial charge on any atom is -0.504 e. The highest BCUT2D eigenvalue weighted by Crippen LogP contribution is 2.61. The van der Waals surface area contributed by atoms with Gasteiger partial charge < -0.3 is 14.4 Å². The highest BCUT2D eigenvalue weighted by atomic mass is 32.3. The van der Waals surface area contributed by atoms with Crippen molar-refractivity contribution in [1.29, 1.82) is 0 Å². The number of rotatable bonds is 7. The summed E-state index contributed by atoms with van der Waals surface area (Å²) in [6.45, 7) is 8.44. The molecule has 2 fully saturated rings. The number of hydrogen-bond donors (Lipinski definition) is 4. The Labute approximate surface area is 212 Å². The van der Waals surface area contributed by atoms with Crippen molar-refractivity contribution in [2.45, 2.75) is 59.8 Å². The molecule has 2 saturated carbocycles. The van der Waals surface area contributed by atoms with E-state index < -0.39 is 50.1 Å². The molecule has 0 aromatic heterocycles. The molecule has 4 N–H and O–H groups in total. The number of fused-ring (bicyclic) bond motifs is 1. The van der Waals surface area contributed by atoms with E-state index in [0.29, 0.717) is 5.92 Å². The van der Waals surface area contributed by atoms with Gasteiger partial charge in [-0.15, -0.1) is 0 Å². The molecular weight excluding hydrogens is 510 g/mol. The highest BCUT2D eigenvalue weighted by Gasteiger charge is 2.51. The van der Waals surface area contributed by atoms with Crippen molar-refractivity contribution in [2.24, 2.45) is 27.7 Å². The summed E-state index contributed by atoms with van der Waals surface area (Å²) < 4.78 is 68.5. The third-order valence-electron chi connectivity index (χ3n) is 7.80. The summed E-state index contributed by atoms with van der Waals surface area (Å²) in [7, 11) is -9.34. The molecule has 1 aromatic rings. The molecule has 0 saturated heterocycles. The highest BCUT2D eigenvalue weighted by molar-refractivity contribution is 7.85. The molecule has 2 aliphatic rings. The quantitative estimate of drug-likeness (QED) is 0.222. The molecule has 3 atom stereocenters. The number of phenols is 2. The fraction of sp³-hybridized carbons (Fsp3) is 0.625. The summed E-state index contributed by atoms with van der Waals surface area (Å²) in [6, 6.07) is 1.16. The zero-order valence-corrected chi connectivity index (χ0v) is 22.6. The van der Waals surface area contributed by atoms with E-state index in [9.17, 15) is 31.6 Å². The van der Waals surface area contributed by atoms with Crippen LogP contribution in [0.5, 0.6) is 17.2 Å². The van der Waals surface area contributed by atoms with Crippen molar-refractivity contribution < 1.29 is 40.3 Å². The molecule has 0 amide bonds.